The molecule has 2 aromatic carbocycles. The molecule has 0 aliphatic heterocycles. The maximum Gasteiger partial charge on any atom is 0.308 e. The van der Waals surface area contributed by atoms with Gasteiger partial charge < -0.3 is 13.9 Å². The first-order chi connectivity index (χ1) is 14.1. The molecular weight excluding hydrogens is 392 g/mol. The summed E-state index contributed by atoms with van der Waals surface area (Å²) in [7, 11) is -2.53. The van der Waals surface area contributed by atoms with Crippen LogP contribution in [-0.2, 0) is 18.7 Å². The molecular formula is C25H36O4Si. The number of esters is 1. The van der Waals surface area contributed by atoms with Crippen LogP contribution >= 0.6 is 0 Å². The fraction of sp³-hybridized carbons (Fsp3) is 0.480. The van der Waals surface area contributed by atoms with Crippen molar-refractivity contribution >= 4 is 24.7 Å². The van der Waals surface area contributed by atoms with Crippen molar-refractivity contribution in [1.29, 1.82) is 0 Å². The molecule has 0 saturated carbocycles. The highest BCUT2D eigenvalue weighted by Crippen LogP contribution is 2.36. The van der Waals surface area contributed by atoms with Crippen LogP contribution in [0.3, 0.4) is 0 Å². The lowest BCUT2D eigenvalue weighted by Gasteiger charge is -2.43. The maximum atomic E-state index is 11.8. The van der Waals surface area contributed by atoms with E-state index >= 15 is 0 Å². The molecule has 30 heavy (non-hydrogen) atoms. The molecule has 164 valence electrons. The summed E-state index contributed by atoms with van der Waals surface area (Å²) in [6.07, 6.45) is 0.247. The van der Waals surface area contributed by atoms with E-state index in [0.29, 0.717) is 19.8 Å². The summed E-state index contributed by atoms with van der Waals surface area (Å²) in [6.45, 7) is 13.6. The Bertz CT molecular complexity index is 737. The number of benzene rings is 2. The standard InChI is InChI=1S/C25H36O4Si/c1-24(2,3)29-23(26)17-18-27-19-20-28-30(25(4,5)6,21-13-9-7-10-14-21)22-15-11-8-12-16-22/h7-16H,17-20H2,1-6H3. The van der Waals surface area contributed by atoms with Crippen LogP contribution in [0.5, 0.6) is 0 Å². The predicted molar refractivity (Wildman–Crippen MR) is 125 cm³/mol. The molecule has 0 aliphatic carbocycles. The third kappa shape index (κ3) is 6.52. The van der Waals surface area contributed by atoms with E-state index in [0.717, 1.165) is 0 Å². The van der Waals surface area contributed by atoms with Gasteiger partial charge in [0.1, 0.15) is 5.60 Å². The topological polar surface area (TPSA) is 44.8 Å². The van der Waals surface area contributed by atoms with Crippen LogP contribution in [-0.4, -0.2) is 39.7 Å². The summed E-state index contributed by atoms with van der Waals surface area (Å²) in [6, 6.07) is 21.1. The number of hydrogen-bond acceptors (Lipinski definition) is 4. The van der Waals surface area contributed by atoms with Crippen LogP contribution < -0.4 is 10.4 Å². The zero-order chi connectivity index (χ0) is 22.3. The second-order valence-corrected chi connectivity index (χ2v) is 13.8. The van der Waals surface area contributed by atoms with Crippen molar-refractivity contribution in [2.45, 2.75) is 58.6 Å². The van der Waals surface area contributed by atoms with Crippen LogP contribution in [0.4, 0.5) is 0 Å². The van der Waals surface area contributed by atoms with E-state index in [4.69, 9.17) is 13.9 Å². The molecule has 5 heteroatoms. The molecule has 0 bridgehead atoms. The second-order valence-electron chi connectivity index (χ2n) is 9.46. The van der Waals surface area contributed by atoms with Crippen molar-refractivity contribution in [1.82, 2.24) is 0 Å². The van der Waals surface area contributed by atoms with Gasteiger partial charge in [-0.1, -0.05) is 81.4 Å². The van der Waals surface area contributed by atoms with E-state index in [1.807, 2.05) is 32.9 Å². The Labute approximate surface area is 182 Å². The Morgan fingerprint density at radius 2 is 1.27 bits per heavy atom. The van der Waals surface area contributed by atoms with Crippen LogP contribution in [0.2, 0.25) is 5.04 Å². The average molecular weight is 429 g/mol. The van der Waals surface area contributed by atoms with Crippen molar-refractivity contribution in [2.24, 2.45) is 0 Å². The minimum absolute atomic E-state index is 0.0633. The molecule has 2 aromatic rings. The van der Waals surface area contributed by atoms with E-state index in [1.165, 1.54) is 10.4 Å². The van der Waals surface area contributed by atoms with Gasteiger partial charge in [0.25, 0.3) is 8.32 Å². The summed E-state index contributed by atoms with van der Waals surface area (Å²) in [4.78, 5) is 11.8. The third-order valence-corrected chi connectivity index (χ3v) is 9.88. The van der Waals surface area contributed by atoms with Gasteiger partial charge in [-0.3, -0.25) is 4.79 Å². The van der Waals surface area contributed by atoms with E-state index in [1.54, 1.807) is 0 Å². The second kappa shape index (κ2) is 10.4. The Balaban J connectivity index is 2.08. The summed E-state index contributed by atoms with van der Waals surface area (Å²) in [5.74, 6) is -0.240. The smallest absolute Gasteiger partial charge is 0.308 e. The molecule has 4 nitrogen and oxygen atoms in total. The largest absolute Gasteiger partial charge is 0.460 e. The van der Waals surface area contributed by atoms with E-state index in [9.17, 15) is 4.79 Å². The van der Waals surface area contributed by atoms with Gasteiger partial charge in [0.2, 0.25) is 0 Å². The fourth-order valence-electron chi connectivity index (χ4n) is 3.67. The molecule has 0 spiro atoms. The van der Waals surface area contributed by atoms with E-state index < -0.39 is 13.9 Å². The molecule has 2 rings (SSSR count). The Kier molecular flexibility index (Phi) is 8.41. The predicted octanol–water partition coefficient (Wildman–Crippen LogP) is 4.31. The third-order valence-electron chi connectivity index (χ3n) is 4.83. The fourth-order valence-corrected chi connectivity index (χ4v) is 8.21. The lowest BCUT2D eigenvalue weighted by atomic mass is 10.2. The molecule has 0 saturated heterocycles. The van der Waals surface area contributed by atoms with E-state index in [-0.39, 0.29) is 17.4 Å². The van der Waals surface area contributed by atoms with Crippen molar-refractivity contribution in [3.05, 3.63) is 60.7 Å². The first-order valence-corrected chi connectivity index (χ1v) is 12.5. The Morgan fingerprint density at radius 3 is 1.70 bits per heavy atom. The molecule has 0 fully saturated rings. The maximum absolute atomic E-state index is 11.8. The molecule has 0 radical (unpaired) electrons. The van der Waals surface area contributed by atoms with Gasteiger partial charge in [0.05, 0.1) is 26.2 Å². The van der Waals surface area contributed by atoms with Crippen LogP contribution in [0.1, 0.15) is 48.0 Å². The minimum Gasteiger partial charge on any atom is -0.460 e. The zero-order valence-corrected chi connectivity index (χ0v) is 20.2. The quantitative estimate of drug-likeness (QED) is 0.339. The summed E-state index contributed by atoms with van der Waals surface area (Å²) < 4.78 is 17.8. The lowest BCUT2D eigenvalue weighted by Crippen LogP contribution is -2.66. The van der Waals surface area contributed by atoms with Gasteiger partial charge in [-0.15, -0.1) is 0 Å². The van der Waals surface area contributed by atoms with Crippen molar-refractivity contribution in [2.75, 3.05) is 19.8 Å². The van der Waals surface area contributed by atoms with E-state index in [2.05, 4.69) is 69.3 Å². The normalized spacial score (nSPS) is 12.6. The van der Waals surface area contributed by atoms with Crippen LogP contribution in [0, 0.1) is 0 Å². The SMILES string of the molecule is CC(C)(C)OC(=O)CCOCCO[Si](c1ccccc1)(c1ccccc1)C(C)(C)C. The van der Waals surface area contributed by atoms with Crippen molar-refractivity contribution in [3.63, 3.8) is 0 Å². The Morgan fingerprint density at radius 1 is 0.767 bits per heavy atom. The average Bonchev–Trinajstić information content (AvgIpc) is 2.66. The lowest BCUT2D eigenvalue weighted by molar-refractivity contribution is -0.156. The zero-order valence-electron chi connectivity index (χ0n) is 19.2. The Hall–Kier alpha value is -1.95. The van der Waals surface area contributed by atoms with Gasteiger partial charge >= 0.3 is 5.97 Å². The van der Waals surface area contributed by atoms with Gasteiger partial charge in [0, 0.05) is 0 Å². The van der Waals surface area contributed by atoms with Gasteiger partial charge in [-0.25, -0.2) is 0 Å². The molecule has 0 atom stereocenters. The molecule has 0 aliphatic rings. The van der Waals surface area contributed by atoms with Crippen molar-refractivity contribution in [3.8, 4) is 0 Å². The number of rotatable bonds is 9. The molecule has 0 aromatic heterocycles. The van der Waals surface area contributed by atoms with Gasteiger partial charge in [0.15, 0.2) is 0 Å². The monoisotopic (exact) mass is 428 g/mol. The number of carbonyl (C=O) groups is 1. The molecule has 0 unspecified atom stereocenters. The first kappa shape index (κ1) is 24.3. The van der Waals surface area contributed by atoms with Gasteiger partial charge in [-0.2, -0.15) is 0 Å². The minimum atomic E-state index is -2.53. The first-order valence-electron chi connectivity index (χ1n) is 10.6. The van der Waals surface area contributed by atoms with Crippen LogP contribution in [0.25, 0.3) is 0 Å². The molecule has 0 amide bonds. The summed E-state index contributed by atoms with van der Waals surface area (Å²) in [5.41, 5.74) is -0.469. The molecule has 0 N–H and O–H groups in total. The van der Waals surface area contributed by atoms with Gasteiger partial charge in [-0.05, 0) is 36.2 Å². The number of hydrogen-bond donors (Lipinski definition) is 0. The molecule has 0 heterocycles. The van der Waals surface area contributed by atoms with Crippen LogP contribution in [0.15, 0.2) is 60.7 Å². The van der Waals surface area contributed by atoms with Crippen molar-refractivity contribution < 1.29 is 18.7 Å². The highest BCUT2D eigenvalue weighted by molar-refractivity contribution is 6.99. The highest BCUT2D eigenvalue weighted by Gasteiger charge is 2.49. The number of carbonyl (C=O) groups excluding carboxylic acids is 1. The number of ether oxygens (including phenoxy) is 2. The summed E-state index contributed by atoms with van der Waals surface area (Å²) in [5, 5.41) is 2.43. The highest BCUT2D eigenvalue weighted by atomic mass is 28.4. The summed E-state index contributed by atoms with van der Waals surface area (Å²) >= 11 is 0.